The number of carbonyl (C=O) groups excluding carboxylic acids is 1. The van der Waals surface area contributed by atoms with Gasteiger partial charge in [-0.25, -0.2) is 8.42 Å². The average Bonchev–Trinajstić information content (AvgIpc) is 2.30. The van der Waals surface area contributed by atoms with Gasteiger partial charge < -0.3 is 10.4 Å². The third-order valence-corrected chi connectivity index (χ3v) is 5.30. The lowest BCUT2D eigenvalue weighted by Crippen LogP contribution is -2.30. The van der Waals surface area contributed by atoms with E-state index in [-0.39, 0.29) is 0 Å². The van der Waals surface area contributed by atoms with Crippen molar-refractivity contribution < 1.29 is 23.1 Å². The van der Waals surface area contributed by atoms with Gasteiger partial charge in [0.2, 0.25) is 5.91 Å². The van der Waals surface area contributed by atoms with Crippen LogP contribution in [0.5, 0.6) is 0 Å². The number of amides is 1. The van der Waals surface area contributed by atoms with Crippen molar-refractivity contribution in [3.05, 3.63) is 28.7 Å². The number of nitrogens with one attached hydrogen (secondary N) is 1. The van der Waals surface area contributed by atoms with Crippen molar-refractivity contribution in [2.24, 2.45) is 0 Å². The highest BCUT2D eigenvalue weighted by molar-refractivity contribution is 9.10. The van der Waals surface area contributed by atoms with Gasteiger partial charge in [0.25, 0.3) is 0 Å². The highest BCUT2D eigenvalue weighted by Crippen LogP contribution is 2.21. The first kappa shape index (κ1) is 16.6. The summed E-state index contributed by atoms with van der Waals surface area (Å²) in [4.78, 5) is 22.2. The van der Waals surface area contributed by atoms with Crippen LogP contribution in [0.1, 0.15) is 13.3 Å². The zero-order valence-electron chi connectivity index (χ0n) is 10.7. The second-order valence-corrected chi connectivity index (χ2v) is 7.52. The lowest BCUT2D eigenvalue weighted by molar-refractivity contribution is -0.137. The van der Waals surface area contributed by atoms with E-state index in [4.69, 9.17) is 5.11 Å². The first-order chi connectivity index (χ1) is 9.22. The topological polar surface area (TPSA) is 101 Å². The summed E-state index contributed by atoms with van der Waals surface area (Å²) in [5.41, 5.74) is 0.457. The third-order valence-electron chi connectivity index (χ3n) is 2.56. The normalized spacial score (nSPS) is 12.7. The van der Waals surface area contributed by atoms with Crippen LogP contribution >= 0.6 is 15.9 Å². The second-order valence-electron chi connectivity index (χ2n) is 4.24. The van der Waals surface area contributed by atoms with E-state index in [0.29, 0.717) is 10.2 Å². The molecular weight excluding hydrogens is 350 g/mol. The van der Waals surface area contributed by atoms with Gasteiger partial charge >= 0.3 is 5.97 Å². The Hall–Kier alpha value is -1.41. The zero-order chi connectivity index (χ0) is 15.3. The summed E-state index contributed by atoms with van der Waals surface area (Å²) in [6, 6.07) is 6.78. The fourth-order valence-electron chi connectivity index (χ4n) is 1.45. The standard InChI is InChI=1S/C12H14BrNO5S/c1-8(6-12(16)17)20(18,19)7-11(15)14-10-5-3-2-4-9(10)13/h2-5,8H,6-7H2,1H3,(H,14,15)(H,16,17). The van der Waals surface area contributed by atoms with Crippen LogP contribution in [-0.4, -0.2) is 36.4 Å². The molecule has 0 aliphatic rings. The molecule has 20 heavy (non-hydrogen) atoms. The average molecular weight is 364 g/mol. The fraction of sp³-hybridized carbons (Fsp3) is 0.333. The number of para-hydroxylation sites is 1. The molecule has 1 aromatic carbocycles. The summed E-state index contributed by atoms with van der Waals surface area (Å²) in [7, 11) is -3.80. The minimum Gasteiger partial charge on any atom is -0.481 e. The summed E-state index contributed by atoms with van der Waals surface area (Å²) in [6.45, 7) is 1.27. The minimum atomic E-state index is -3.80. The van der Waals surface area contributed by atoms with Gasteiger partial charge in [0, 0.05) is 4.47 Å². The molecule has 6 nitrogen and oxygen atoms in total. The van der Waals surface area contributed by atoms with Crippen molar-refractivity contribution in [1.82, 2.24) is 0 Å². The Morgan fingerprint density at radius 1 is 1.35 bits per heavy atom. The largest absolute Gasteiger partial charge is 0.481 e. The van der Waals surface area contributed by atoms with E-state index in [1.54, 1.807) is 24.3 Å². The molecule has 0 heterocycles. The van der Waals surface area contributed by atoms with Gasteiger partial charge in [-0.15, -0.1) is 0 Å². The van der Waals surface area contributed by atoms with Gasteiger partial charge in [-0.2, -0.15) is 0 Å². The quantitative estimate of drug-likeness (QED) is 0.800. The van der Waals surface area contributed by atoms with Crippen LogP contribution in [0, 0.1) is 0 Å². The number of hydrogen-bond donors (Lipinski definition) is 2. The van der Waals surface area contributed by atoms with Crippen molar-refractivity contribution in [3.8, 4) is 0 Å². The van der Waals surface area contributed by atoms with E-state index in [9.17, 15) is 18.0 Å². The predicted octanol–water partition coefficient (Wildman–Crippen LogP) is 1.67. The number of carboxylic acids is 1. The van der Waals surface area contributed by atoms with Crippen LogP contribution in [0.4, 0.5) is 5.69 Å². The molecule has 1 atom stereocenters. The number of benzene rings is 1. The maximum atomic E-state index is 11.8. The molecule has 0 radical (unpaired) electrons. The van der Waals surface area contributed by atoms with E-state index in [2.05, 4.69) is 21.2 Å². The molecule has 110 valence electrons. The molecule has 1 aromatic rings. The van der Waals surface area contributed by atoms with Crippen molar-refractivity contribution >= 4 is 43.3 Å². The summed E-state index contributed by atoms with van der Waals surface area (Å²) in [5, 5.41) is 9.94. The fourth-order valence-corrected chi connectivity index (χ4v) is 2.95. The Balaban J connectivity index is 2.71. The van der Waals surface area contributed by atoms with Gasteiger partial charge in [0.15, 0.2) is 9.84 Å². The van der Waals surface area contributed by atoms with Gasteiger partial charge in [-0.1, -0.05) is 12.1 Å². The molecule has 1 rings (SSSR count). The van der Waals surface area contributed by atoms with Crippen molar-refractivity contribution in [1.29, 1.82) is 0 Å². The molecule has 8 heteroatoms. The molecule has 1 unspecified atom stereocenters. The maximum absolute atomic E-state index is 11.8. The molecule has 0 aliphatic heterocycles. The highest BCUT2D eigenvalue weighted by atomic mass is 79.9. The predicted molar refractivity (Wildman–Crippen MR) is 78.3 cm³/mol. The van der Waals surface area contributed by atoms with Crippen LogP contribution in [0.15, 0.2) is 28.7 Å². The molecule has 1 amide bonds. The summed E-state index contributed by atoms with van der Waals surface area (Å²) in [5.74, 6) is -2.66. The third kappa shape index (κ3) is 4.93. The van der Waals surface area contributed by atoms with Gasteiger partial charge in [0.05, 0.1) is 17.4 Å². The number of anilines is 1. The van der Waals surface area contributed by atoms with Crippen LogP contribution in [0.25, 0.3) is 0 Å². The Morgan fingerprint density at radius 3 is 2.50 bits per heavy atom. The molecule has 0 spiro atoms. The number of aliphatic carboxylic acids is 1. The van der Waals surface area contributed by atoms with Crippen LogP contribution in [0.3, 0.4) is 0 Å². The van der Waals surface area contributed by atoms with Crippen LogP contribution in [0.2, 0.25) is 0 Å². The van der Waals surface area contributed by atoms with E-state index < -0.39 is 39.1 Å². The molecule has 0 fully saturated rings. The zero-order valence-corrected chi connectivity index (χ0v) is 13.1. The first-order valence-corrected chi connectivity index (χ1v) is 8.21. The van der Waals surface area contributed by atoms with Gasteiger partial charge in [0.1, 0.15) is 5.75 Å². The highest BCUT2D eigenvalue weighted by Gasteiger charge is 2.26. The second kappa shape index (κ2) is 6.85. The van der Waals surface area contributed by atoms with E-state index in [0.717, 1.165) is 0 Å². The Labute approximate surface area is 125 Å². The van der Waals surface area contributed by atoms with Crippen LogP contribution < -0.4 is 5.32 Å². The summed E-state index contributed by atoms with van der Waals surface area (Å²) in [6.07, 6.45) is -0.523. The van der Waals surface area contributed by atoms with Crippen molar-refractivity contribution in [2.75, 3.05) is 11.1 Å². The lowest BCUT2D eigenvalue weighted by atomic mass is 10.3. The smallest absolute Gasteiger partial charge is 0.304 e. The number of rotatable bonds is 6. The Bertz CT molecular complexity index is 614. The van der Waals surface area contributed by atoms with Crippen molar-refractivity contribution in [2.45, 2.75) is 18.6 Å². The first-order valence-electron chi connectivity index (χ1n) is 5.70. The molecule has 0 aliphatic carbocycles. The van der Waals surface area contributed by atoms with Gasteiger partial charge in [-0.3, -0.25) is 9.59 Å². The molecular formula is C12H14BrNO5S. The van der Waals surface area contributed by atoms with Crippen molar-refractivity contribution in [3.63, 3.8) is 0 Å². The SMILES string of the molecule is CC(CC(=O)O)S(=O)(=O)CC(=O)Nc1ccccc1Br. The number of halogens is 1. The Morgan fingerprint density at radius 2 is 1.95 bits per heavy atom. The van der Waals surface area contributed by atoms with Crippen LogP contribution in [-0.2, 0) is 19.4 Å². The number of sulfone groups is 1. The summed E-state index contributed by atoms with van der Waals surface area (Å²) >= 11 is 3.22. The van der Waals surface area contributed by atoms with E-state index in [1.165, 1.54) is 6.92 Å². The monoisotopic (exact) mass is 363 g/mol. The molecule has 0 bridgehead atoms. The number of hydrogen-bond acceptors (Lipinski definition) is 4. The lowest BCUT2D eigenvalue weighted by Gasteiger charge is -2.11. The number of carboxylic acid groups (broad SMARTS) is 1. The van der Waals surface area contributed by atoms with Gasteiger partial charge in [-0.05, 0) is 35.0 Å². The summed E-state index contributed by atoms with van der Waals surface area (Å²) < 4.78 is 24.3. The molecule has 2 N–H and O–H groups in total. The number of carbonyl (C=O) groups is 2. The molecule has 0 saturated carbocycles. The molecule has 0 saturated heterocycles. The Kier molecular flexibility index (Phi) is 5.70. The van der Waals surface area contributed by atoms with E-state index in [1.807, 2.05) is 0 Å². The molecule has 0 aromatic heterocycles. The maximum Gasteiger partial charge on any atom is 0.304 e. The van der Waals surface area contributed by atoms with E-state index >= 15 is 0 Å². The minimum absolute atomic E-state index is 0.457.